The molecule has 4 rings (SSSR count). The Kier molecular flexibility index (Phi) is 3.52. The van der Waals surface area contributed by atoms with Crippen molar-refractivity contribution in [1.29, 1.82) is 0 Å². The lowest BCUT2D eigenvalue weighted by molar-refractivity contribution is 0.266. The first-order chi connectivity index (χ1) is 11.2. The normalized spacial score (nSPS) is 16.4. The number of aryl methyl sites for hydroxylation is 1. The van der Waals surface area contributed by atoms with Gasteiger partial charge in [0.05, 0.1) is 17.8 Å². The van der Waals surface area contributed by atoms with Crippen LogP contribution in [0.3, 0.4) is 0 Å². The third-order valence-corrected chi connectivity index (χ3v) is 4.82. The second-order valence-corrected chi connectivity index (χ2v) is 6.58. The van der Waals surface area contributed by atoms with E-state index in [9.17, 15) is 0 Å². The molecule has 1 aromatic carbocycles. The van der Waals surface area contributed by atoms with E-state index in [1.165, 1.54) is 24.8 Å². The van der Waals surface area contributed by atoms with Gasteiger partial charge >= 0.3 is 0 Å². The zero-order chi connectivity index (χ0) is 15.8. The van der Waals surface area contributed by atoms with Crippen LogP contribution in [0.1, 0.15) is 37.8 Å². The van der Waals surface area contributed by atoms with Crippen molar-refractivity contribution in [2.24, 2.45) is 13.0 Å². The molecule has 1 aliphatic rings. The SMILES string of the molecule is CC(Nc1ccc2c(c1)nnn2C)c1cnn(CC2CCC2)c1. The highest BCUT2D eigenvalue weighted by Crippen LogP contribution is 2.28. The number of anilines is 1. The van der Waals surface area contributed by atoms with Gasteiger partial charge in [0.25, 0.3) is 0 Å². The minimum Gasteiger partial charge on any atom is -0.378 e. The van der Waals surface area contributed by atoms with Gasteiger partial charge in [0.15, 0.2) is 0 Å². The van der Waals surface area contributed by atoms with E-state index in [-0.39, 0.29) is 6.04 Å². The van der Waals surface area contributed by atoms with Crippen LogP contribution in [-0.4, -0.2) is 24.8 Å². The minimum atomic E-state index is 0.208. The van der Waals surface area contributed by atoms with Crippen molar-refractivity contribution < 1.29 is 0 Å². The van der Waals surface area contributed by atoms with Crippen molar-refractivity contribution in [3.63, 3.8) is 0 Å². The summed E-state index contributed by atoms with van der Waals surface area (Å²) in [5.41, 5.74) is 4.21. The molecular weight excluding hydrogens is 288 g/mol. The highest BCUT2D eigenvalue weighted by molar-refractivity contribution is 5.78. The number of nitrogens with one attached hydrogen (secondary N) is 1. The van der Waals surface area contributed by atoms with Crippen LogP contribution < -0.4 is 5.32 Å². The molecule has 1 unspecified atom stereocenters. The molecule has 1 atom stereocenters. The second kappa shape index (κ2) is 5.68. The van der Waals surface area contributed by atoms with E-state index in [0.29, 0.717) is 0 Å². The summed E-state index contributed by atoms with van der Waals surface area (Å²) in [5, 5.41) is 16.2. The maximum absolute atomic E-state index is 4.50. The van der Waals surface area contributed by atoms with E-state index in [1.54, 1.807) is 4.68 Å². The molecule has 0 spiro atoms. The lowest BCUT2D eigenvalue weighted by atomic mass is 9.85. The lowest BCUT2D eigenvalue weighted by Crippen LogP contribution is -2.18. The Hall–Kier alpha value is -2.37. The fourth-order valence-electron chi connectivity index (χ4n) is 3.11. The van der Waals surface area contributed by atoms with Crippen molar-refractivity contribution in [3.05, 3.63) is 36.2 Å². The summed E-state index contributed by atoms with van der Waals surface area (Å²) in [5.74, 6) is 0.824. The van der Waals surface area contributed by atoms with Crippen LogP contribution in [0.2, 0.25) is 0 Å². The van der Waals surface area contributed by atoms with Gasteiger partial charge in [-0.15, -0.1) is 5.10 Å². The number of rotatable bonds is 5. The summed E-state index contributed by atoms with van der Waals surface area (Å²) in [6, 6.07) is 6.36. The van der Waals surface area contributed by atoms with E-state index in [4.69, 9.17) is 0 Å². The molecule has 0 saturated heterocycles. The molecule has 1 aliphatic carbocycles. The fraction of sp³-hybridized carbons (Fsp3) is 0.471. The topological polar surface area (TPSA) is 60.6 Å². The van der Waals surface area contributed by atoms with E-state index in [1.807, 2.05) is 25.4 Å². The van der Waals surface area contributed by atoms with Crippen molar-refractivity contribution in [2.45, 2.75) is 38.8 Å². The third-order valence-electron chi connectivity index (χ3n) is 4.82. The Morgan fingerprint density at radius 3 is 3.00 bits per heavy atom. The number of hydrogen-bond acceptors (Lipinski definition) is 4. The standard InChI is InChI=1S/C17H22N6/c1-12(14-9-18-23(11-14)10-13-4-3-5-13)19-15-6-7-17-16(8-15)20-21-22(17)2/h6-9,11-13,19H,3-5,10H2,1-2H3. The first-order valence-electron chi connectivity index (χ1n) is 8.27. The third kappa shape index (κ3) is 2.81. The second-order valence-electron chi connectivity index (χ2n) is 6.58. The number of hydrogen-bond donors (Lipinski definition) is 1. The number of benzene rings is 1. The molecule has 1 N–H and O–H groups in total. The predicted molar refractivity (Wildman–Crippen MR) is 90.1 cm³/mol. The Balaban J connectivity index is 1.46. The summed E-state index contributed by atoms with van der Waals surface area (Å²) in [6.07, 6.45) is 8.21. The highest BCUT2D eigenvalue weighted by atomic mass is 15.4. The molecule has 0 bridgehead atoms. The Bertz CT molecular complexity index is 813. The molecule has 0 amide bonds. The first-order valence-corrected chi connectivity index (χ1v) is 8.27. The lowest BCUT2D eigenvalue weighted by Gasteiger charge is -2.24. The van der Waals surface area contributed by atoms with Gasteiger partial charge in [-0.2, -0.15) is 5.10 Å². The molecule has 6 nitrogen and oxygen atoms in total. The van der Waals surface area contributed by atoms with Gasteiger partial charge in [0, 0.05) is 31.0 Å². The molecule has 0 radical (unpaired) electrons. The van der Waals surface area contributed by atoms with Gasteiger partial charge in [0.2, 0.25) is 0 Å². The summed E-state index contributed by atoms with van der Waals surface area (Å²) in [4.78, 5) is 0. The molecule has 23 heavy (non-hydrogen) atoms. The Morgan fingerprint density at radius 1 is 1.35 bits per heavy atom. The van der Waals surface area contributed by atoms with E-state index >= 15 is 0 Å². The van der Waals surface area contributed by atoms with Gasteiger partial charge < -0.3 is 5.32 Å². The summed E-state index contributed by atoms with van der Waals surface area (Å²) in [6.45, 7) is 3.21. The Labute approximate surface area is 135 Å². The molecule has 1 fully saturated rings. The highest BCUT2D eigenvalue weighted by Gasteiger charge is 2.18. The fourth-order valence-corrected chi connectivity index (χ4v) is 3.11. The van der Waals surface area contributed by atoms with Crippen LogP contribution in [0.5, 0.6) is 0 Å². The van der Waals surface area contributed by atoms with Gasteiger partial charge in [-0.05, 0) is 43.9 Å². The summed E-state index contributed by atoms with van der Waals surface area (Å²) < 4.78 is 3.87. The van der Waals surface area contributed by atoms with Crippen molar-refractivity contribution in [2.75, 3.05) is 5.32 Å². The molecule has 2 aromatic heterocycles. The van der Waals surface area contributed by atoms with Crippen LogP contribution in [0.15, 0.2) is 30.6 Å². The van der Waals surface area contributed by atoms with E-state index in [0.717, 1.165) is 29.2 Å². The van der Waals surface area contributed by atoms with Gasteiger partial charge in [-0.25, -0.2) is 4.68 Å². The maximum Gasteiger partial charge on any atom is 0.115 e. The molecule has 1 saturated carbocycles. The minimum absolute atomic E-state index is 0.208. The molecular formula is C17H22N6. The number of nitrogens with zero attached hydrogens (tertiary/aromatic N) is 5. The zero-order valence-corrected chi connectivity index (χ0v) is 13.6. The van der Waals surface area contributed by atoms with Crippen LogP contribution in [0.25, 0.3) is 11.0 Å². The molecule has 2 heterocycles. The largest absolute Gasteiger partial charge is 0.378 e. The van der Waals surface area contributed by atoms with E-state index in [2.05, 4.69) is 44.6 Å². The summed E-state index contributed by atoms with van der Waals surface area (Å²) in [7, 11) is 1.90. The summed E-state index contributed by atoms with van der Waals surface area (Å²) >= 11 is 0. The van der Waals surface area contributed by atoms with Crippen molar-refractivity contribution in [1.82, 2.24) is 24.8 Å². The molecule has 0 aliphatic heterocycles. The quantitative estimate of drug-likeness (QED) is 0.786. The van der Waals surface area contributed by atoms with Crippen LogP contribution in [-0.2, 0) is 13.6 Å². The molecule has 6 heteroatoms. The zero-order valence-electron chi connectivity index (χ0n) is 13.6. The maximum atomic E-state index is 4.50. The first kappa shape index (κ1) is 14.2. The molecule has 3 aromatic rings. The Morgan fingerprint density at radius 2 is 2.22 bits per heavy atom. The van der Waals surface area contributed by atoms with Crippen molar-refractivity contribution >= 4 is 16.7 Å². The van der Waals surface area contributed by atoms with Crippen molar-refractivity contribution in [3.8, 4) is 0 Å². The van der Waals surface area contributed by atoms with Gasteiger partial charge in [-0.1, -0.05) is 11.6 Å². The predicted octanol–water partition coefficient (Wildman–Crippen LogP) is 3.14. The van der Waals surface area contributed by atoms with Crippen LogP contribution in [0.4, 0.5) is 5.69 Å². The smallest absolute Gasteiger partial charge is 0.115 e. The average molecular weight is 310 g/mol. The van der Waals surface area contributed by atoms with E-state index < -0.39 is 0 Å². The number of aromatic nitrogens is 5. The average Bonchev–Trinajstić information content (AvgIpc) is 3.10. The molecule has 120 valence electrons. The number of fused-ring (bicyclic) bond motifs is 1. The van der Waals surface area contributed by atoms with Crippen LogP contribution in [0, 0.1) is 5.92 Å². The van der Waals surface area contributed by atoms with Gasteiger partial charge in [-0.3, -0.25) is 4.68 Å². The van der Waals surface area contributed by atoms with Crippen LogP contribution >= 0.6 is 0 Å². The monoisotopic (exact) mass is 310 g/mol. The van der Waals surface area contributed by atoms with Gasteiger partial charge in [0.1, 0.15) is 5.52 Å².